The molecular weight excluding hydrogens is 231 g/mol. The van der Waals surface area contributed by atoms with Gasteiger partial charge in [0.2, 0.25) is 0 Å². The van der Waals surface area contributed by atoms with Gasteiger partial charge in [0, 0.05) is 6.54 Å². The van der Waals surface area contributed by atoms with Gasteiger partial charge in [-0.3, -0.25) is 0 Å². The van der Waals surface area contributed by atoms with Crippen LogP contribution in [0.4, 0.5) is 15.9 Å². The minimum Gasteiger partial charge on any atom is -0.336 e. The molecule has 0 atom stereocenters. The van der Waals surface area contributed by atoms with E-state index >= 15 is 0 Å². The van der Waals surface area contributed by atoms with Gasteiger partial charge in [0.15, 0.2) is 5.82 Å². The highest BCUT2D eigenvalue weighted by molar-refractivity contribution is 5.57. The lowest BCUT2D eigenvalue weighted by molar-refractivity contribution is 0.616. The fourth-order valence-corrected chi connectivity index (χ4v) is 2.01. The molecule has 2 heterocycles. The summed E-state index contributed by atoms with van der Waals surface area (Å²) in [6.45, 7) is 1.69. The summed E-state index contributed by atoms with van der Waals surface area (Å²) in [4.78, 5) is 0. The Labute approximate surface area is 104 Å². The molecular formula is C13H13FN4. The quantitative estimate of drug-likeness (QED) is 0.848. The number of para-hydroxylation sites is 1. The number of rotatable bonds is 2. The Morgan fingerprint density at radius 3 is 3.00 bits per heavy atom. The molecule has 0 bridgehead atoms. The van der Waals surface area contributed by atoms with Crippen molar-refractivity contribution in [1.29, 1.82) is 0 Å². The van der Waals surface area contributed by atoms with Gasteiger partial charge < -0.3 is 10.6 Å². The average Bonchev–Trinajstić information content (AvgIpc) is 2.41. The number of anilines is 2. The van der Waals surface area contributed by atoms with Gasteiger partial charge >= 0.3 is 0 Å². The van der Waals surface area contributed by atoms with Crippen LogP contribution in [0.2, 0.25) is 0 Å². The van der Waals surface area contributed by atoms with Crippen LogP contribution >= 0.6 is 0 Å². The molecule has 0 aliphatic carbocycles. The first kappa shape index (κ1) is 11.1. The van der Waals surface area contributed by atoms with Gasteiger partial charge in [-0.2, -0.15) is 5.10 Å². The van der Waals surface area contributed by atoms with Crippen LogP contribution in [0.1, 0.15) is 11.3 Å². The van der Waals surface area contributed by atoms with Crippen LogP contribution in [0.5, 0.6) is 0 Å². The predicted octanol–water partition coefficient (Wildman–Crippen LogP) is 2.00. The smallest absolute Gasteiger partial charge is 0.153 e. The van der Waals surface area contributed by atoms with E-state index < -0.39 is 0 Å². The molecule has 5 heteroatoms. The highest BCUT2D eigenvalue weighted by Crippen LogP contribution is 2.20. The fraction of sp³-hybridized carbons (Fsp3) is 0.231. The first-order valence-corrected chi connectivity index (χ1v) is 5.91. The van der Waals surface area contributed by atoms with Crippen LogP contribution < -0.4 is 10.6 Å². The zero-order chi connectivity index (χ0) is 12.4. The molecule has 18 heavy (non-hydrogen) atoms. The normalized spacial score (nSPS) is 14.1. The molecule has 1 aliphatic heterocycles. The maximum atomic E-state index is 13.5. The molecule has 4 nitrogen and oxygen atoms in total. The van der Waals surface area contributed by atoms with Crippen molar-refractivity contribution in [1.82, 2.24) is 15.5 Å². The Morgan fingerprint density at radius 2 is 2.11 bits per heavy atom. The number of halogens is 1. The topological polar surface area (TPSA) is 49.8 Å². The highest BCUT2D eigenvalue weighted by atomic mass is 19.1. The van der Waals surface area contributed by atoms with Crippen molar-refractivity contribution in [3.63, 3.8) is 0 Å². The molecule has 0 unspecified atom stereocenters. The van der Waals surface area contributed by atoms with Crippen LogP contribution in [0.15, 0.2) is 30.3 Å². The van der Waals surface area contributed by atoms with Crippen LogP contribution in [0, 0.1) is 5.82 Å². The summed E-state index contributed by atoms with van der Waals surface area (Å²) >= 11 is 0. The van der Waals surface area contributed by atoms with Crippen molar-refractivity contribution in [2.24, 2.45) is 0 Å². The van der Waals surface area contributed by atoms with Gasteiger partial charge in [-0.05, 0) is 36.7 Å². The molecule has 0 amide bonds. The number of hydrogen-bond donors (Lipinski definition) is 2. The van der Waals surface area contributed by atoms with Gasteiger partial charge in [-0.25, -0.2) is 4.39 Å². The van der Waals surface area contributed by atoms with Gasteiger partial charge in [0.25, 0.3) is 0 Å². The van der Waals surface area contributed by atoms with Crippen molar-refractivity contribution in [3.8, 4) is 0 Å². The molecule has 1 aromatic heterocycles. The maximum Gasteiger partial charge on any atom is 0.153 e. The Balaban J connectivity index is 1.87. The third-order valence-electron chi connectivity index (χ3n) is 2.96. The van der Waals surface area contributed by atoms with Gasteiger partial charge in [0.1, 0.15) is 5.82 Å². The molecule has 0 saturated carbocycles. The molecule has 2 aromatic rings. The number of nitrogens with one attached hydrogen (secondary N) is 2. The van der Waals surface area contributed by atoms with Crippen LogP contribution in [-0.4, -0.2) is 16.7 Å². The fourth-order valence-electron chi connectivity index (χ4n) is 2.01. The third-order valence-corrected chi connectivity index (χ3v) is 2.96. The van der Waals surface area contributed by atoms with E-state index in [2.05, 4.69) is 20.8 Å². The summed E-state index contributed by atoms with van der Waals surface area (Å²) in [6, 6.07) is 8.47. The molecule has 0 radical (unpaired) electrons. The van der Waals surface area contributed by atoms with Crippen molar-refractivity contribution in [2.45, 2.75) is 13.0 Å². The number of hydrogen-bond acceptors (Lipinski definition) is 4. The summed E-state index contributed by atoms with van der Waals surface area (Å²) in [5.41, 5.74) is 2.56. The second-order valence-electron chi connectivity index (χ2n) is 4.23. The molecule has 2 N–H and O–H groups in total. The van der Waals surface area contributed by atoms with E-state index in [0.717, 1.165) is 25.2 Å². The molecule has 1 aromatic carbocycles. The summed E-state index contributed by atoms with van der Waals surface area (Å²) in [5.74, 6) is 0.291. The molecule has 3 rings (SSSR count). The van der Waals surface area contributed by atoms with Gasteiger partial charge in [0.05, 0.1) is 11.4 Å². The van der Waals surface area contributed by atoms with E-state index in [1.54, 1.807) is 18.2 Å². The van der Waals surface area contributed by atoms with Crippen molar-refractivity contribution in [3.05, 3.63) is 47.4 Å². The minimum absolute atomic E-state index is 0.293. The van der Waals surface area contributed by atoms with Crippen molar-refractivity contribution < 1.29 is 4.39 Å². The molecule has 0 saturated heterocycles. The lowest BCUT2D eigenvalue weighted by Gasteiger charge is -2.16. The minimum atomic E-state index is -0.293. The zero-order valence-electron chi connectivity index (χ0n) is 9.78. The van der Waals surface area contributed by atoms with E-state index in [4.69, 9.17) is 0 Å². The summed E-state index contributed by atoms with van der Waals surface area (Å²) in [7, 11) is 0. The lowest BCUT2D eigenvalue weighted by atomic mass is 10.1. The number of nitrogens with zero attached hydrogens (tertiary/aromatic N) is 2. The number of fused-ring (bicyclic) bond motifs is 1. The van der Waals surface area contributed by atoms with Crippen LogP contribution in [-0.2, 0) is 13.0 Å². The Morgan fingerprint density at radius 1 is 1.22 bits per heavy atom. The van der Waals surface area contributed by atoms with E-state index in [0.29, 0.717) is 11.5 Å². The van der Waals surface area contributed by atoms with Crippen LogP contribution in [0.3, 0.4) is 0 Å². The summed E-state index contributed by atoms with van der Waals surface area (Å²) in [6.07, 6.45) is 0.927. The van der Waals surface area contributed by atoms with Gasteiger partial charge in [-0.1, -0.05) is 12.1 Å². The molecule has 92 valence electrons. The highest BCUT2D eigenvalue weighted by Gasteiger charge is 2.12. The SMILES string of the molecule is Fc1ccccc1Nc1cc2c(nn1)CNCC2. The average molecular weight is 244 g/mol. The Hall–Kier alpha value is -2.01. The predicted molar refractivity (Wildman–Crippen MR) is 67.1 cm³/mol. The van der Waals surface area contributed by atoms with Crippen molar-refractivity contribution >= 4 is 11.5 Å². The Kier molecular flexibility index (Phi) is 2.90. The zero-order valence-corrected chi connectivity index (χ0v) is 9.78. The molecule has 1 aliphatic rings. The second kappa shape index (κ2) is 4.70. The summed E-state index contributed by atoms with van der Waals surface area (Å²) < 4.78 is 13.5. The Bertz CT molecular complexity index is 571. The first-order chi connectivity index (χ1) is 8.83. The molecule has 0 spiro atoms. The van der Waals surface area contributed by atoms with Gasteiger partial charge in [-0.15, -0.1) is 5.10 Å². The van der Waals surface area contributed by atoms with E-state index in [1.807, 2.05) is 6.07 Å². The molecule has 0 fully saturated rings. The standard InChI is InChI=1S/C13H13FN4/c14-10-3-1-2-4-11(10)16-13-7-9-5-6-15-8-12(9)17-18-13/h1-4,7,15H,5-6,8H2,(H,16,18). The lowest BCUT2D eigenvalue weighted by Crippen LogP contribution is -2.25. The number of aromatic nitrogens is 2. The second-order valence-corrected chi connectivity index (χ2v) is 4.23. The van der Waals surface area contributed by atoms with E-state index in [9.17, 15) is 4.39 Å². The van der Waals surface area contributed by atoms with E-state index in [1.165, 1.54) is 11.6 Å². The van der Waals surface area contributed by atoms with Crippen LogP contribution in [0.25, 0.3) is 0 Å². The number of benzene rings is 1. The third kappa shape index (κ3) is 2.17. The van der Waals surface area contributed by atoms with Crippen molar-refractivity contribution in [2.75, 3.05) is 11.9 Å². The van der Waals surface area contributed by atoms with E-state index in [-0.39, 0.29) is 5.82 Å². The first-order valence-electron chi connectivity index (χ1n) is 5.91. The maximum absolute atomic E-state index is 13.5. The largest absolute Gasteiger partial charge is 0.336 e. The monoisotopic (exact) mass is 244 g/mol. The summed E-state index contributed by atoms with van der Waals surface area (Å²) in [5, 5.41) is 14.4.